The number of pyridine rings is 1. The molecule has 3 aromatic heterocycles. The van der Waals surface area contributed by atoms with E-state index >= 15 is 0 Å². The highest BCUT2D eigenvalue weighted by atomic mass is 32.2. The molecule has 7 nitrogen and oxygen atoms in total. The summed E-state index contributed by atoms with van der Waals surface area (Å²) in [6, 6.07) is 9.52. The summed E-state index contributed by atoms with van der Waals surface area (Å²) in [5.41, 5.74) is 5.08. The van der Waals surface area contributed by atoms with E-state index in [0.29, 0.717) is 28.1 Å². The van der Waals surface area contributed by atoms with Gasteiger partial charge in [-0.3, -0.25) is 0 Å². The number of hydrogen-bond donors (Lipinski definition) is 0. The molecule has 0 radical (unpaired) electrons. The first-order chi connectivity index (χ1) is 13.5. The van der Waals surface area contributed by atoms with Crippen molar-refractivity contribution < 1.29 is 13.9 Å². The zero-order chi connectivity index (χ0) is 19.7. The smallest absolute Gasteiger partial charge is 0.341 e. The van der Waals surface area contributed by atoms with Crippen LogP contribution in [0.4, 0.5) is 0 Å². The maximum Gasteiger partial charge on any atom is 0.341 e. The summed E-state index contributed by atoms with van der Waals surface area (Å²) in [7, 11) is 1.36. The molecule has 0 aliphatic heterocycles. The van der Waals surface area contributed by atoms with Crippen LogP contribution >= 0.6 is 11.8 Å². The van der Waals surface area contributed by atoms with Gasteiger partial charge in [0.2, 0.25) is 5.89 Å². The zero-order valence-corrected chi connectivity index (χ0v) is 16.5. The second kappa shape index (κ2) is 7.47. The number of benzene rings is 1. The Morgan fingerprint density at radius 1 is 1.21 bits per heavy atom. The molecule has 0 bridgehead atoms. The van der Waals surface area contributed by atoms with Crippen molar-refractivity contribution in [2.75, 3.05) is 7.11 Å². The van der Waals surface area contributed by atoms with Crippen LogP contribution in [-0.2, 0) is 10.5 Å². The van der Waals surface area contributed by atoms with Gasteiger partial charge in [0, 0.05) is 23.7 Å². The van der Waals surface area contributed by atoms with Crippen LogP contribution in [0, 0.1) is 13.8 Å². The predicted octanol–water partition coefficient (Wildman–Crippen LogP) is 4.08. The SMILES string of the molecule is COC(=O)c1cccn2cc(CSc3nnc(-c4ccc(C)c(C)c4)o3)nc12. The van der Waals surface area contributed by atoms with Gasteiger partial charge in [-0.1, -0.05) is 17.8 Å². The van der Waals surface area contributed by atoms with Crippen molar-refractivity contribution >= 4 is 23.4 Å². The molecule has 0 saturated heterocycles. The lowest BCUT2D eigenvalue weighted by Gasteiger charge is -2.00. The molecule has 0 atom stereocenters. The predicted molar refractivity (Wildman–Crippen MR) is 105 cm³/mol. The first kappa shape index (κ1) is 18.2. The Balaban J connectivity index is 1.51. The third-order valence-electron chi connectivity index (χ3n) is 4.44. The topological polar surface area (TPSA) is 82.5 Å². The van der Waals surface area contributed by atoms with Crippen molar-refractivity contribution in [1.29, 1.82) is 0 Å². The molecule has 4 aromatic rings. The number of esters is 1. The Bertz CT molecular complexity index is 1170. The molecule has 0 spiro atoms. The molecule has 1 aromatic carbocycles. The Kier molecular flexibility index (Phi) is 4.87. The lowest BCUT2D eigenvalue weighted by Crippen LogP contribution is -2.03. The number of hydrogen-bond acceptors (Lipinski definition) is 7. The van der Waals surface area contributed by atoms with E-state index in [4.69, 9.17) is 9.15 Å². The summed E-state index contributed by atoms with van der Waals surface area (Å²) in [5.74, 6) is 0.621. The number of ether oxygens (including phenoxy) is 1. The van der Waals surface area contributed by atoms with Gasteiger partial charge >= 0.3 is 5.97 Å². The summed E-state index contributed by atoms with van der Waals surface area (Å²) in [6.07, 6.45) is 3.71. The Morgan fingerprint density at radius 2 is 2.07 bits per heavy atom. The molecule has 0 N–H and O–H groups in total. The van der Waals surface area contributed by atoms with E-state index in [0.717, 1.165) is 11.3 Å². The first-order valence-corrected chi connectivity index (χ1v) is 9.62. The Labute approximate surface area is 165 Å². The van der Waals surface area contributed by atoms with Crippen molar-refractivity contribution in [1.82, 2.24) is 19.6 Å². The molecule has 0 amide bonds. The van der Waals surface area contributed by atoms with Crippen molar-refractivity contribution in [3.63, 3.8) is 0 Å². The first-order valence-electron chi connectivity index (χ1n) is 8.64. The lowest BCUT2D eigenvalue weighted by molar-refractivity contribution is 0.0602. The van der Waals surface area contributed by atoms with E-state index in [1.807, 2.05) is 30.6 Å². The molecule has 28 heavy (non-hydrogen) atoms. The van der Waals surface area contributed by atoms with Crippen molar-refractivity contribution in [3.05, 3.63) is 65.1 Å². The average Bonchev–Trinajstić information content (AvgIpc) is 3.34. The molecule has 0 aliphatic carbocycles. The van der Waals surface area contributed by atoms with E-state index in [1.54, 1.807) is 16.5 Å². The molecular formula is C20H18N4O3S. The molecule has 0 fully saturated rings. The van der Waals surface area contributed by atoms with Gasteiger partial charge in [0.05, 0.1) is 12.8 Å². The second-order valence-electron chi connectivity index (χ2n) is 6.34. The third-order valence-corrected chi connectivity index (χ3v) is 5.29. The lowest BCUT2D eigenvalue weighted by atomic mass is 10.1. The summed E-state index contributed by atoms with van der Waals surface area (Å²) in [4.78, 5) is 16.4. The largest absolute Gasteiger partial charge is 0.465 e. The fraction of sp³-hybridized carbons (Fsp3) is 0.200. The second-order valence-corrected chi connectivity index (χ2v) is 7.26. The maximum absolute atomic E-state index is 11.9. The van der Waals surface area contributed by atoms with Crippen LogP contribution in [0.25, 0.3) is 17.1 Å². The Morgan fingerprint density at radius 3 is 2.86 bits per heavy atom. The van der Waals surface area contributed by atoms with Crippen molar-refractivity contribution in [2.45, 2.75) is 24.8 Å². The zero-order valence-electron chi connectivity index (χ0n) is 15.7. The molecule has 0 saturated carbocycles. The van der Waals surface area contributed by atoms with Crippen LogP contribution in [0.15, 0.2) is 52.4 Å². The highest BCUT2D eigenvalue weighted by Gasteiger charge is 2.15. The summed E-state index contributed by atoms with van der Waals surface area (Å²) in [6.45, 7) is 4.12. The van der Waals surface area contributed by atoms with Gasteiger partial charge < -0.3 is 13.6 Å². The van der Waals surface area contributed by atoms with Crippen LogP contribution in [0.5, 0.6) is 0 Å². The fourth-order valence-electron chi connectivity index (χ4n) is 2.80. The van der Waals surface area contributed by atoms with E-state index < -0.39 is 5.97 Å². The molecule has 0 aliphatic rings. The third kappa shape index (κ3) is 3.50. The highest BCUT2D eigenvalue weighted by molar-refractivity contribution is 7.98. The van der Waals surface area contributed by atoms with E-state index in [1.165, 1.54) is 30.0 Å². The molecular weight excluding hydrogens is 376 g/mol. The highest BCUT2D eigenvalue weighted by Crippen LogP contribution is 2.27. The summed E-state index contributed by atoms with van der Waals surface area (Å²) >= 11 is 1.40. The van der Waals surface area contributed by atoms with Crippen LogP contribution in [0.3, 0.4) is 0 Å². The van der Waals surface area contributed by atoms with E-state index in [-0.39, 0.29) is 0 Å². The van der Waals surface area contributed by atoms with Crippen LogP contribution in [-0.4, -0.2) is 32.7 Å². The van der Waals surface area contributed by atoms with Gasteiger partial charge in [0.25, 0.3) is 5.22 Å². The number of imidazole rings is 1. The number of nitrogens with zero attached hydrogens (tertiary/aromatic N) is 4. The quantitative estimate of drug-likeness (QED) is 0.372. The fourth-order valence-corrected chi connectivity index (χ4v) is 3.44. The van der Waals surface area contributed by atoms with Gasteiger partial charge in [0.1, 0.15) is 5.56 Å². The minimum Gasteiger partial charge on any atom is -0.465 e. The number of thioether (sulfide) groups is 1. The minimum atomic E-state index is -0.412. The number of methoxy groups -OCH3 is 1. The number of rotatable bonds is 5. The normalized spacial score (nSPS) is 11.1. The van der Waals surface area contributed by atoms with E-state index in [9.17, 15) is 4.79 Å². The molecule has 4 rings (SSSR count). The average molecular weight is 394 g/mol. The number of aryl methyl sites for hydroxylation is 2. The van der Waals surface area contributed by atoms with Gasteiger partial charge in [-0.2, -0.15) is 0 Å². The molecule has 0 unspecified atom stereocenters. The van der Waals surface area contributed by atoms with Gasteiger partial charge in [0.15, 0.2) is 5.65 Å². The van der Waals surface area contributed by atoms with Gasteiger partial charge in [-0.05, 0) is 49.2 Å². The number of carbonyl (C=O) groups excluding carboxylic acids is 1. The van der Waals surface area contributed by atoms with Crippen LogP contribution in [0.1, 0.15) is 27.2 Å². The monoisotopic (exact) mass is 394 g/mol. The molecule has 3 heterocycles. The van der Waals surface area contributed by atoms with Crippen molar-refractivity contribution in [3.8, 4) is 11.5 Å². The van der Waals surface area contributed by atoms with Crippen LogP contribution < -0.4 is 0 Å². The maximum atomic E-state index is 11.9. The van der Waals surface area contributed by atoms with E-state index in [2.05, 4.69) is 29.0 Å². The summed E-state index contributed by atoms with van der Waals surface area (Å²) in [5, 5.41) is 8.72. The number of aromatic nitrogens is 4. The summed E-state index contributed by atoms with van der Waals surface area (Å²) < 4.78 is 12.4. The Hall–Kier alpha value is -3.13. The minimum absolute atomic E-state index is 0.412. The standard InChI is InChI=1S/C20H18N4O3S/c1-12-6-7-14(9-13(12)2)18-22-23-20(27-18)28-11-15-10-24-8-4-5-16(17(24)21-15)19(25)26-3/h4-10H,11H2,1-3H3. The molecule has 142 valence electrons. The van der Waals surface area contributed by atoms with Crippen molar-refractivity contribution in [2.24, 2.45) is 0 Å². The number of carbonyl (C=O) groups is 1. The van der Waals surface area contributed by atoms with Gasteiger partial charge in [-0.25, -0.2) is 9.78 Å². The van der Waals surface area contributed by atoms with Gasteiger partial charge in [-0.15, -0.1) is 10.2 Å². The molecule has 8 heteroatoms. The van der Waals surface area contributed by atoms with Crippen LogP contribution in [0.2, 0.25) is 0 Å². The number of fused-ring (bicyclic) bond motifs is 1.